The molecule has 3 unspecified atom stereocenters. The van der Waals surface area contributed by atoms with E-state index >= 15 is 0 Å². The highest BCUT2D eigenvalue weighted by Gasteiger charge is 2.34. The number of nitrogens with zero attached hydrogens (tertiary/aromatic N) is 1. The first-order valence-corrected chi connectivity index (χ1v) is 8.65. The zero-order valence-electron chi connectivity index (χ0n) is 11.8. The summed E-state index contributed by atoms with van der Waals surface area (Å²) < 4.78 is 0. The molecule has 3 rings (SSSR count). The van der Waals surface area contributed by atoms with Crippen LogP contribution in [0.5, 0.6) is 0 Å². The summed E-state index contributed by atoms with van der Waals surface area (Å²) in [6.45, 7) is 4.35. The molecule has 0 amide bonds. The highest BCUT2D eigenvalue weighted by Crippen LogP contribution is 2.32. The van der Waals surface area contributed by atoms with Crippen molar-refractivity contribution in [2.45, 2.75) is 64.1 Å². The van der Waals surface area contributed by atoms with Gasteiger partial charge in [0, 0.05) is 24.0 Å². The molecule has 1 aliphatic carbocycles. The molecule has 1 aromatic heterocycles. The van der Waals surface area contributed by atoms with Crippen molar-refractivity contribution in [1.82, 2.24) is 15.6 Å². The Balaban J connectivity index is 1.53. The van der Waals surface area contributed by atoms with Crippen LogP contribution in [0.1, 0.15) is 49.7 Å². The summed E-state index contributed by atoms with van der Waals surface area (Å²) >= 11 is 1.79. The Morgan fingerprint density at radius 1 is 1.37 bits per heavy atom. The van der Waals surface area contributed by atoms with Crippen LogP contribution in [0.3, 0.4) is 0 Å². The van der Waals surface area contributed by atoms with Crippen molar-refractivity contribution in [1.29, 1.82) is 0 Å². The van der Waals surface area contributed by atoms with E-state index in [0.29, 0.717) is 6.04 Å². The van der Waals surface area contributed by atoms with Gasteiger partial charge in [-0.2, -0.15) is 0 Å². The Morgan fingerprint density at radius 3 is 3.05 bits per heavy atom. The van der Waals surface area contributed by atoms with Gasteiger partial charge in [-0.25, -0.2) is 4.98 Å². The quantitative estimate of drug-likeness (QED) is 0.870. The predicted octanol–water partition coefficient (Wildman–Crippen LogP) is 2.72. The Morgan fingerprint density at radius 2 is 2.32 bits per heavy atom. The Bertz CT molecular complexity index is 398. The fraction of sp³-hybridized carbons (Fsp3) is 0.800. The summed E-state index contributed by atoms with van der Waals surface area (Å²) in [7, 11) is 0. The van der Waals surface area contributed by atoms with E-state index in [0.717, 1.165) is 24.9 Å². The maximum absolute atomic E-state index is 4.65. The van der Waals surface area contributed by atoms with Gasteiger partial charge in [-0.3, -0.25) is 0 Å². The molecule has 1 aliphatic heterocycles. The molecule has 19 heavy (non-hydrogen) atoms. The van der Waals surface area contributed by atoms with E-state index in [-0.39, 0.29) is 0 Å². The molecule has 2 heterocycles. The van der Waals surface area contributed by atoms with Gasteiger partial charge in [0.05, 0.1) is 10.7 Å². The summed E-state index contributed by atoms with van der Waals surface area (Å²) in [5, 5.41) is 10.9. The smallest absolute Gasteiger partial charge is 0.0926 e. The molecule has 0 aromatic carbocycles. The number of hydrogen-bond acceptors (Lipinski definition) is 4. The molecule has 2 N–H and O–H groups in total. The summed E-state index contributed by atoms with van der Waals surface area (Å²) in [4.78, 5) is 4.65. The maximum atomic E-state index is 4.65. The van der Waals surface area contributed by atoms with Crippen molar-refractivity contribution in [3.05, 3.63) is 16.1 Å². The summed E-state index contributed by atoms with van der Waals surface area (Å²) in [6, 6.07) is 1.46. The molecular formula is C15H25N3S. The number of nitrogens with one attached hydrogen (secondary N) is 2. The number of rotatable bonds is 5. The average Bonchev–Trinajstić information content (AvgIpc) is 3.16. The second-order valence-electron chi connectivity index (χ2n) is 5.87. The maximum Gasteiger partial charge on any atom is 0.0926 e. The van der Waals surface area contributed by atoms with Crippen LogP contribution in [0.15, 0.2) is 5.38 Å². The first kappa shape index (κ1) is 13.5. The van der Waals surface area contributed by atoms with E-state index in [1.165, 1.54) is 49.4 Å². The zero-order valence-corrected chi connectivity index (χ0v) is 12.6. The molecule has 4 heteroatoms. The van der Waals surface area contributed by atoms with Gasteiger partial charge in [-0.15, -0.1) is 11.3 Å². The first-order chi connectivity index (χ1) is 9.36. The van der Waals surface area contributed by atoms with Crippen LogP contribution < -0.4 is 10.6 Å². The third-order valence-electron chi connectivity index (χ3n) is 4.63. The van der Waals surface area contributed by atoms with Gasteiger partial charge in [0.25, 0.3) is 0 Å². The van der Waals surface area contributed by atoms with Gasteiger partial charge in [0.1, 0.15) is 0 Å². The van der Waals surface area contributed by atoms with Gasteiger partial charge in [-0.1, -0.05) is 13.3 Å². The number of thiazole rings is 1. The van der Waals surface area contributed by atoms with Crippen LogP contribution in [0.2, 0.25) is 0 Å². The first-order valence-electron chi connectivity index (χ1n) is 7.77. The lowest BCUT2D eigenvalue weighted by atomic mass is 9.93. The van der Waals surface area contributed by atoms with Gasteiger partial charge in [0.2, 0.25) is 0 Å². The molecule has 3 nitrogen and oxygen atoms in total. The van der Waals surface area contributed by atoms with Crippen LogP contribution in [0.4, 0.5) is 0 Å². The van der Waals surface area contributed by atoms with E-state index in [9.17, 15) is 0 Å². The lowest BCUT2D eigenvalue weighted by Gasteiger charge is -2.26. The van der Waals surface area contributed by atoms with Gasteiger partial charge in [0.15, 0.2) is 0 Å². The van der Waals surface area contributed by atoms with Crippen molar-refractivity contribution in [2.24, 2.45) is 5.92 Å². The molecule has 1 saturated heterocycles. The number of aryl methyl sites for hydroxylation is 1. The average molecular weight is 279 g/mol. The van der Waals surface area contributed by atoms with Gasteiger partial charge >= 0.3 is 0 Å². The number of aromatic nitrogens is 1. The van der Waals surface area contributed by atoms with Crippen LogP contribution in [-0.2, 0) is 13.0 Å². The minimum atomic E-state index is 0.697. The highest BCUT2D eigenvalue weighted by molar-refractivity contribution is 7.09. The van der Waals surface area contributed by atoms with Gasteiger partial charge in [-0.05, 0) is 44.6 Å². The minimum absolute atomic E-state index is 0.697. The SMILES string of the molecule is CCc1nc(CNC2CCCC2C2CCCN2)cs1. The largest absolute Gasteiger partial charge is 0.314 e. The van der Waals surface area contributed by atoms with E-state index in [1.807, 2.05) is 0 Å². The van der Waals surface area contributed by atoms with Crippen molar-refractivity contribution < 1.29 is 0 Å². The third-order valence-corrected chi connectivity index (χ3v) is 5.67. The second-order valence-corrected chi connectivity index (χ2v) is 6.81. The van der Waals surface area contributed by atoms with E-state index < -0.39 is 0 Å². The third kappa shape index (κ3) is 3.18. The Labute approximate surface area is 120 Å². The highest BCUT2D eigenvalue weighted by atomic mass is 32.1. The van der Waals surface area contributed by atoms with Crippen LogP contribution in [0, 0.1) is 5.92 Å². The topological polar surface area (TPSA) is 37.0 Å². The van der Waals surface area contributed by atoms with Crippen LogP contribution in [-0.4, -0.2) is 23.6 Å². The normalized spacial score (nSPS) is 31.1. The minimum Gasteiger partial charge on any atom is -0.314 e. The summed E-state index contributed by atoms with van der Waals surface area (Å²) in [6.07, 6.45) is 7.92. The van der Waals surface area contributed by atoms with E-state index in [4.69, 9.17) is 0 Å². The van der Waals surface area contributed by atoms with Gasteiger partial charge < -0.3 is 10.6 Å². The lowest BCUT2D eigenvalue weighted by molar-refractivity contribution is 0.319. The molecule has 106 valence electrons. The van der Waals surface area contributed by atoms with Crippen molar-refractivity contribution in [3.8, 4) is 0 Å². The molecule has 0 spiro atoms. The molecule has 1 aromatic rings. The lowest BCUT2D eigenvalue weighted by Crippen LogP contribution is -2.41. The monoisotopic (exact) mass is 279 g/mol. The Kier molecular flexibility index (Phi) is 4.51. The van der Waals surface area contributed by atoms with E-state index in [2.05, 4.69) is 27.9 Å². The number of hydrogen-bond donors (Lipinski definition) is 2. The Hall–Kier alpha value is -0.450. The molecule has 3 atom stereocenters. The fourth-order valence-corrected chi connectivity index (χ4v) is 4.37. The molecule has 1 saturated carbocycles. The molecule has 0 bridgehead atoms. The van der Waals surface area contributed by atoms with Crippen LogP contribution in [0.25, 0.3) is 0 Å². The van der Waals surface area contributed by atoms with E-state index in [1.54, 1.807) is 11.3 Å². The zero-order chi connectivity index (χ0) is 13.1. The summed E-state index contributed by atoms with van der Waals surface area (Å²) in [5.41, 5.74) is 1.23. The van der Waals surface area contributed by atoms with Crippen LogP contribution >= 0.6 is 11.3 Å². The predicted molar refractivity (Wildman–Crippen MR) is 80.5 cm³/mol. The fourth-order valence-electron chi connectivity index (χ4n) is 3.63. The molecular weight excluding hydrogens is 254 g/mol. The second kappa shape index (κ2) is 6.33. The summed E-state index contributed by atoms with van der Waals surface area (Å²) in [5.74, 6) is 0.840. The molecule has 2 aliphatic rings. The molecule has 2 fully saturated rings. The standard InChI is InChI=1S/C15H25N3S/c1-2-15-18-11(10-19-15)9-17-14-6-3-5-12(14)13-7-4-8-16-13/h10,12-14,16-17H,2-9H2,1H3. The molecule has 0 radical (unpaired) electrons. The van der Waals surface area contributed by atoms with Crippen molar-refractivity contribution in [2.75, 3.05) is 6.54 Å². The van der Waals surface area contributed by atoms with Crippen molar-refractivity contribution >= 4 is 11.3 Å². The van der Waals surface area contributed by atoms with Crippen molar-refractivity contribution in [3.63, 3.8) is 0 Å².